The van der Waals surface area contributed by atoms with Crippen molar-refractivity contribution in [2.24, 2.45) is 0 Å². The minimum atomic E-state index is -1.01. The molecule has 1 atom stereocenters. The number of ether oxygens (including phenoxy) is 2. The summed E-state index contributed by atoms with van der Waals surface area (Å²) in [6.07, 6.45) is 2.30. The van der Waals surface area contributed by atoms with E-state index in [9.17, 15) is 9.90 Å². The fourth-order valence-electron chi connectivity index (χ4n) is 2.10. The Morgan fingerprint density at radius 2 is 2.33 bits per heavy atom. The molecule has 0 spiro atoms. The van der Waals surface area contributed by atoms with Gasteiger partial charge < -0.3 is 14.6 Å². The van der Waals surface area contributed by atoms with Crippen LogP contribution in [0, 0.1) is 0 Å². The molecular formula is C14H12ClNO4S. The highest BCUT2D eigenvalue weighted by Crippen LogP contribution is 2.32. The number of benzene rings is 1. The molecule has 1 aliphatic heterocycles. The number of rotatable bonds is 4. The Kier molecular flexibility index (Phi) is 4.10. The van der Waals surface area contributed by atoms with E-state index in [-0.39, 0.29) is 11.7 Å². The SMILES string of the molecule is O=C(O)c1cc(O[C@H]2CCOC2)cc(-c2ncc(Cl)s2)c1. The molecule has 0 saturated carbocycles. The van der Waals surface area contributed by atoms with Gasteiger partial charge in [-0.1, -0.05) is 11.6 Å². The Morgan fingerprint density at radius 1 is 1.48 bits per heavy atom. The Bertz CT molecular complexity index is 667. The highest BCUT2D eigenvalue weighted by Gasteiger charge is 2.19. The standard InChI is InChI=1S/C14H12ClNO4S/c15-12-6-16-13(21-12)8-3-9(14(17)18)5-11(4-8)20-10-1-2-19-7-10/h3-6,10H,1-2,7H2,(H,17,18)/t10-/m0/s1. The van der Waals surface area contributed by atoms with Crippen molar-refractivity contribution in [3.8, 4) is 16.3 Å². The van der Waals surface area contributed by atoms with E-state index in [1.54, 1.807) is 18.3 Å². The monoisotopic (exact) mass is 325 g/mol. The average Bonchev–Trinajstić information content (AvgIpc) is 3.10. The zero-order valence-corrected chi connectivity index (χ0v) is 12.5. The van der Waals surface area contributed by atoms with Crippen LogP contribution in [0.25, 0.3) is 10.6 Å². The van der Waals surface area contributed by atoms with Crippen molar-refractivity contribution in [1.29, 1.82) is 0 Å². The zero-order valence-electron chi connectivity index (χ0n) is 10.9. The average molecular weight is 326 g/mol. The maximum atomic E-state index is 11.3. The molecule has 1 saturated heterocycles. The molecule has 1 aliphatic rings. The summed E-state index contributed by atoms with van der Waals surface area (Å²) < 4.78 is 11.6. The second-order valence-electron chi connectivity index (χ2n) is 4.62. The number of thiazole rings is 1. The highest BCUT2D eigenvalue weighted by molar-refractivity contribution is 7.18. The molecule has 5 nitrogen and oxygen atoms in total. The summed E-state index contributed by atoms with van der Waals surface area (Å²) in [5.41, 5.74) is 0.841. The number of halogens is 1. The summed E-state index contributed by atoms with van der Waals surface area (Å²) in [4.78, 5) is 15.4. The predicted molar refractivity (Wildman–Crippen MR) is 79.4 cm³/mol. The minimum absolute atomic E-state index is 0.0400. The van der Waals surface area contributed by atoms with Gasteiger partial charge in [0, 0.05) is 12.0 Å². The van der Waals surface area contributed by atoms with Gasteiger partial charge in [-0.15, -0.1) is 11.3 Å². The first-order valence-corrected chi connectivity index (χ1v) is 7.56. The summed E-state index contributed by atoms with van der Waals surface area (Å²) in [5.74, 6) is -0.501. The first-order chi connectivity index (χ1) is 10.1. The van der Waals surface area contributed by atoms with Crippen LogP contribution < -0.4 is 4.74 Å². The summed E-state index contributed by atoms with van der Waals surface area (Å²) in [5, 5.41) is 9.89. The van der Waals surface area contributed by atoms with Gasteiger partial charge in [0.2, 0.25) is 0 Å². The molecule has 3 rings (SSSR count). The third-order valence-corrected chi connectivity index (χ3v) is 4.23. The van der Waals surface area contributed by atoms with Crippen LogP contribution in [-0.4, -0.2) is 35.4 Å². The fraction of sp³-hybridized carbons (Fsp3) is 0.286. The van der Waals surface area contributed by atoms with Crippen molar-refractivity contribution in [3.05, 3.63) is 34.3 Å². The van der Waals surface area contributed by atoms with Crippen molar-refractivity contribution >= 4 is 28.9 Å². The Morgan fingerprint density at radius 3 is 2.95 bits per heavy atom. The van der Waals surface area contributed by atoms with E-state index in [1.807, 2.05) is 0 Å². The lowest BCUT2D eigenvalue weighted by molar-refractivity contribution is 0.0696. The quantitative estimate of drug-likeness (QED) is 0.933. The summed E-state index contributed by atoms with van der Waals surface area (Å²) in [6, 6.07) is 4.86. The van der Waals surface area contributed by atoms with Gasteiger partial charge in [-0.05, 0) is 18.2 Å². The molecule has 0 amide bonds. The molecule has 0 bridgehead atoms. The van der Waals surface area contributed by atoms with Gasteiger partial charge in [0.05, 0.1) is 25.0 Å². The smallest absolute Gasteiger partial charge is 0.335 e. The van der Waals surface area contributed by atoms with Crippen LogP contribution in [0.4, 0.5) is 0 Å². The molecule has 0 radical (unpaired) electrons. The van der Waals surface area contributed by atoms with E-state index in [2.05, 4.69) is 4.98 Å². The van der Waals surface area contributed by atoms with Crippen molar-refractivity contribution in [2.75, 3.05) is 13.2 Å². The molecule has 0 aliphatic carbocycles. The minimum Gasteiger partial charge on any atom is -0.488 e. The van der Waals surface area contributed by atoms with Crippen LogP contribution in [0.2, 0.25) is 4.34 Å². The number of carbonyl (C=O) groups is 1. The van der Waals surface area contributed by atoms with E-state index in [0.717, 1.165) is 6.42 Å². The van der Waals surface area contributed by atoms with Gasteiger partial charge in [0.25, 0.3) is 0 Å². The number of carboxylic acids is 1. The molecule has 1 aromatic carbocycles. The van der Waals surface area contributed by atoms with Crippen LogP contribution in [0.15, 0.2) is 24.4 Å². The van der Waals surface area contributed by atoms with Gasteiger partial charge in [-0.3, -0.25) is 0 Å². The van der Waals surface area contributed by atoms with E-state index >= 15 is 0 Å². The predicted octanol–water partition coefficient (Wildman–Crippen LogP) is 3.33. The highest BCUT2D eigenvalue weighted by atomic mass is 35.5. The van der Waals surface area contributed by atoms with E-state index in [1.165, 1.54) is 17.4 Å². The van der Waals surface area contributed by atoms with Gasteiger partial charge in [-0.2, -0.15) is 0 Å². The molecule has 110 valence electrons. The van der Waals surface area contributed by atoms with Gasteiger partial charge in [-0.25, -0.2) is 9.78 Å². The van der Waals surface area contributed by atoms with Crippen LogP contribution >= 0.6 is 22.9 Å². The van der Waals surface area contributed by atoms with Crippen molar-refractivity contribution in [2.45, 2.75) is 12.5 Å². The topological polar surface area (TPSA) is 68.7 Å². The summed E-state index contributed by atoms with van der Waals surface area (Å²) >= 11 is 7.18. The number of aromatic carboxylic acids is 1. The lowest BCUT2D eigenvalue weighted by atomic mass is 10.1. The Hall–Kier alpha value is -1.63. The fourth-order valence-corrected chi connectivity index (χ4v) is 3.00. The number of carboxylic acid groups (broad SMARTS) is 1. The first kappa shape index (κ1) is 14.3. The molecule has 1 N–H and O–H groups in total. The number of nitrogens with zero attached hydrogens (tertiary/aromatic N) is 1. The third kappa shape index (κ3) is 3.34. The van der Waals surface area contributed by atoms with Gasteiger partial charge >= 0.3 is 5.97 Å². The second-order valence-corrected chi connectivity index (χ2v) is 6.29. The van der Waals surface area contributed by atoms with Gasteiger partial charge in [0.15, 0.2) is 0 Å². The normalized spacial score (nSPS) is 17.9. The molecule has 2 heterocycles. The number of aromatic nitrogens is 1. The molecule has 2 aromatic rings. The van der Waals surface area contributed by atoms with Gasteiger partial charge in [0.1, 0.15) is 21.2 Å². The maximum Gasteiger partial charge on any atom is 0.335 e. The van der Waals surface area contributed by atoms with Crippen LogP contribution in [-0.2, 0) is 4.74 Å². The molecule has 0 unspecified atom stereocenters. The number of hydrogen-bond acceptors (Lipinski definition) is 5. The Balaban J connectivity index is 1.95. The lowest BCUT2D eigenvalue weighted by Crippen LogP contribution is -2.16. The molecule has 1 fully saturated rings. The lowest BCUT2D eigenvalue weighted by Gasteiger charge is -2.13. The number of hydrogen-bond donors (Lipinski definition) is 1. The van der Waals surface area contributed by atoms with Crippen LogP contribution in [0.5, 0.6) is 5.75 Å². The van der Waals surface area contributed by atoms with Crippen molar-refractivity contribution in [1.82, 2.24) is 4.98 Å². The maximum absolute atomic E-state index is 11.3. The van der Waals surface area contributed by atoms with Crippen LogP contribution in [0.3, 0.4) is 0 Å². The Labute approximate surface area is 130 Å². The second kappa shape index (κ2) is 6.01. The third-order valence-electron chi connectivity index (χ3n) is 3.07. The molecular weight excluding hydrogens is 314 g/mol. The van der Waals surface area contributed by atoms with Crippen LogP contribution in [0.1, 0.15) is 16.8 Å². The zero-order chi connectivity index (χ0) is 14.8. The van der Waals surface area contributed by atoms with E-state index < -0.39 is 5.97 Å². The van der Waals surface area contributed by atoms with E-state index in [4.69, 9.17) is 21.1 Å². The van der Waals surface area contributed by atoms with Crippen molar-refractivity contribution in [3.63, 3.8) is 0 Å². The molecule has 7 heteroatoms. The summed E-state index contributed by atoms with van der Waals surface area (Å²) in [6.45, 7) is 1.19. The first-order valence-electron chi connectivity index (χ1n) is 6.36. The van der Waals surface area contributed by atoms with E-state index in [0.29, 0.717) is 33.9 Å². The molecule has 1 aromatic heterocycles. The van der Waals surface area contributed by atoms with Crippen molar-refractivity contribution < 1.29 is 19.4 Å². The molecule has 21 heavy (non-hydrogen) atoms. The largest absolute Gasteiger partial charge is 0.488 e. The summed E-state index contributed by atoms with van der Waals surface area (Å²) in [7, 11) is 0.